The molecule has 2 saturated carbocycles. The number of carbonyl (C=O) groups is 3. The predicted molar refractivity (Wildman–Crippen MR) is 162 cm³/mol. The number of carboxylic acids is 1. The molecule has 6 rings (SSSR count). The van der Waals surface area contributed by atoms with Gasteiger partial charge in [0.05, 0.1) is 17.4 Å². The number of hydrogen-bond donors (Lipinski definition) is 1. The van der Waals surface area contributed by atoms with Gasteiger partial charge < -0.3 is 19.1 Å². The van der Waals surface area contributed by atoms with E-state index < -0.39 is 5.97 Å². The summed E-state index contributed by atoms with van der Waals surface area (Å²) in [5, 5.41) is 18.0. The summed E-state index contributed by atoms with van der Waals surface area (Å²) in [5.74, 6) is -1.37. The van der Waals surface area contributed by atoms with Crippen molar-refractivity contribution in [2.24, 2.45) is 11.8 Å². The Kier molecular flexibility index (Phi) is 8.67. The van der Waals surface area contributed by atoms with Gasteiger partial charge in [-0.2, -0.15) is 0 Å². The monoisotopic (exact) mass is 596 g/mol. The van der Waals surface area contributed by atoms with Gasteiger partial charge in [0, 0.05) is 6.54 Å². The van der Waals surface area contributed by atoms with Crippen molar-refractivity contribution in [2.45, 2.75) is 77.7 Å². The van der Waals surface area contributed by atoms with Crippen LogP contribution in [0.4, 0.5) is 0 Å². The third kappa shape index (κ3) is 6.20. The van der Waals surface area contributed by atoms with E-state index in [0.29, 0.717) is 29.0 Å². The molecule has 2 aliphatic rings. The summed E-state index contributed by atoms with van der Waals surface area (Å²) in [6, 6.07) is 14.5. The van der Waals surface area contributed by atoms with Gasteiger partial charge in [-0.3, -0.25) is 9.59 Å². The molecule has 2 aromatic carbocycles. The van der Waals surface area contributed by atoms with Crippen molar-refractivity contribution in [1.29, 1.82) is 0 Å². The fourth-order valence-corrected chi connectivity index (χ4v) is 6.37. The summed E-state index contributed by atoms with van der Waals surface area (Å²) in [6.07, 6.45) is 9.32. The van der Waals surface area contributed by atoms with Crippen molar-refractivity contribution in [1.82, 2.24) is 19.7 Å². The Labute approximate surface area is 255 Å². The van der Waals surface area contributed by atoms with E-state index in [-0.39, 0.29) is 41.1 Å². The molecule has 2 heterocycles. The molecule has 0 unspecified atom stereocenters. The van der Waals surface area contributed by atoms with Gasteiger partial charge in [0.1, 0.15) is 11.3 Å². The van der Waals surface area contributed by atoms with Crippen LogP contribution < -0.4 is 9.47 Å². The van der Waals surface area contributed by atoms with Crippen molar-refractivity contribution < 1.29 is 29.0 Å². The van der Waals surface area contributed by atoms with Gasteiger partial charge in [-0.1, -0.05) is 81.0 Å². The minimum Gasteiger partial charge on any atom is -0.478 e. The zero-order valence-corrected chi connectivity index (χ0v) is 24.8. The molecule has 2 aliphatic carbocycles. The molecule has 0 amide bonds. The second kappa shape index (κ2) is 13.0. The van der Waals surface area contributed by atoms with Crippen LogP contribution in [0.25, 0.3) is 22.2 Å². The average Bonchev–Trinajstić information content (AvgIpc) is 3.39. The Hall–Kier alpha value is -4.60. The molecule has 0 aliphatic heterocycles. The highest BCUT2D eigenvalue weighted by molar-refractivity contribution is 5.96. The van der Waals surface area contributed by atoms with Gasteiger partial charge >= 0.3 is 17.9 Å². The Morgan fingerprint density at radius 2 is 1.36 bits per heavy atom. The van der Waals surface area contributed by atoms with Crippen LogP contribution in [0.15, 0.2) is 48.5 Å². The number of carbonyl (C=O) groups excluding carboxylic acids is 2. The molecule has 0 radical (unpaired) electrons. The number of benzene rings is 2. The molecule has 2 fully saturated rings. The number of imidazole rings is 1. The lowest BCUT2D eigenvalue weighted by atomic mass is 9.89. The minimum absolute atomic E-state index is 0.00974. The standard InChI is InChI=1S/C34H36N4O6/c1-21-35-28-29(38(21)20-22-16-18-23(19-17-22)26-14-8-9-15-27(26)32(39)40)31(44-34(42)25-12-6-3-7-13-25)37-36-30(28)43-33(41)24-10-4-2-5-11-24/h8-9,14-19,24-25H,2-7,10-13,20H2,1H3,(H,39,40). The highest BCUT2D eigenvalue weighted by Gasteiger charge is 2.29. The SMILES string of the molecule is Cc1nc2c(OC(=O)C3CCCCC3)nnc(OC(=O)C3CCCCC3)c2n1Cc1ccc(-c2ccccc2C(=O)O)cc1. The van der Waals surface area contributed by atoms with E-state index in [2.05, 4.69) is 10.2 Å². The van der Waals surface area contributed by atoms with Crippen molar-refractivity contribution in [2.75, 3.05) is 0 Å². The highest BCUT2D eigenvalue weighted by Crippen LogP contribution is 2.34. The van der Waals surface area contributed by atoms with Crippen LogP contribution in [0.1, 0.15) is 86.0 Å². The number of fused-ring (bicyclic) bond motifs is 1. The van der Waals surface area contributed by atoms with Crippen molar-refractivity contribution in [3.05, 3.63) is 65.5 Å². The van der Waals surface area contributed by atoms with E-state index in [4.69, 9.17) is 14.5 Å². The summed E-state index contributed by atoms with van der Waals surface area (Å²) in [6.45, 7) is 2.19. The van der Waals surface area contributed by atoms with Crippen LogP contribution in [-0.2, 0) is 16.1 Å². The summed E-state index contributed by atoms with van der Waals surface area (Å²) in [4.78, 5) is 42.6. The number of esters is 2. The topological polar surface area (TPSA) is 134 Å². The quantitative estimate of drug-likeness (QED) is 0.226. The zero-order valence-electron chi connectivity index (χ0n) is 24.8. The summed E-state index contributed by atoms with van der Waals surface area (Å²) < 4.78 is 13.5. The maximum atomic E-state index is 13.2. The van der Waals surface area contributed by atoms with Gasteiger partial charge in [-0.05, 0) is 55.4 Å². The molecule has 0 spiro atoms. The molecular formula is C34H36N4O6. The van der Waals surface area contributed by atoms with E-state index in [0.717, 1.165) is 75.3 Å². The van der Waals surface area contributed by atoms with E-state index >= 15 is 0 Å². The van der Waals surface area contributed by atoms with Crippen LogP contribution in [-0.4, -0.2) is 42.8 Å². The van der Waals surface area contributed by atoms with Gasteiger partial charge in [0.2, 0.25) is 0 Å². The fourth-order valence-electron chi connectivity index (χ4n) is 6.37. The number of aryl methyl sites for hydroxylation is 1. The molecular weight excluding hydrogens is 560 g/mol. The second-order valence-corrected chi connectivity index (χ2v) is 11.8. The van der Waals surface area contributed by atoms with Gasteiger partial charge in [-0.15, -0.1) is 10.2 Å². The third-order valence-corrected chi connectivity index (χ3v) is 8.83. The first-order valence-corrected chi connectivity index (χ1v) is 15.5. The van der Waals surface area contributed by atoms with E-state index in [9.17, 15) is 19.5 Å². The van der Waals surface area contributed by atoms with Crippen LogP contribution in [0.2, 0.25) is 0 Å². The van der Waals surface area contributed by atoms with Crippen LogP contribution in [0.5, 0.6) is 11.8 Å². The lowest BCUT2D eigenvalue weighted by molar-refractivity contribution is -0.141. The summed E-state index contributed by atoms with van der Waals surface area (Å²) in [7, 11) is 0. The van der Waals surface area contributed by atoms with Crippen molar-refractivity contribution >= 4 is 28.9 Å². The number of nitrogens with zero attached hydrogens (tertiary/aromatic N) is 4. The average molecular weight is 597 g/mol. The van der Waals surface area contributed by atoms with Crippen LogP contribution in [0, 0.1) is 18.8 Å². The lowest BCUT2D eigenvalue weighted by Crippen LogP contribution is -2.24. The fraction of sp³-hybridized carbons (Fsp3) is 0.412. The number of aromatic carboxylic acids is 1. The Balaban J connectivity index is 1.34. The van der Waals surface area contributed by atoms with Gasteiger partial charge in [0.15, 0.2) is 5.52 Å². The maximum absolute atomic E-state index is 13.2. The number of hydrogen-bond acceptors (Lipinski definition) is 8. The first-order valence-electron chi connectivity index (χ1n) is 15.5. The number of aromatic nitrogens is 4. The van der Waals surface area contributed by atoms with E-state index in [1.54, 1.807) is 18.2 Å². The molecule has 44 heavy (non-hydrogen) atoms. The molecule has 2 aromatic heterocycles. The maximum Gasteiger partial charge on any atom is 0.336 e. The lowest BCUT2D eigenvalue weighted by Gasteiger charge is -2.20. The molecule has 0 atom stereocenters. The minimum atomic E-state index is -0.985. The Morgan fingerprint density at radius 1 is 0.795 bits per heavy atom. The number of rotatable bonds is 8. The van der Waals surface area contributed by atoms with E-state index in [1.165, 1.54) is 0 Å². The predicted octanol–water partition coefficient (Wildman–Crippen LogP) is 6.52. The summed E-state index contributed by atoms with van der Waals surface area (Å²) in [5.41, 5.74) is 3.31. The summed E-state index contributed by atoms with van der Waals surface area (Å²) >= 11 is 0. The molecule has 0 bridgehead atoms. The number of ether oxygens (including phenoxy) is 2. The second-order valence-electron chi connectivity index (χ2n) is 11.8. The highest BCUT2D eigenvalue weighted by atomic mass is 16.6. The van der Waals surface area contributed by atoms with Crippen LogP contribution >= 0.6 is 0 Å². The van der Waals surface area contributed by atoms with Gasteiger partial charge in [-0.25, -0.2) is 9.78 Å². The van der Waals surface area contributed by atoms with Crippen molar-refractivity contribution in [3.8, 4) is 22.9 Å². The van der Waals surface area contributed by atoms with Crippen molar-refractivity contribution in [3.63, 3.8) is 0 Å². The van der Waals surface area contributed by atoms with E-state index in [1.807, 2.05) is 41.8 Å². The Bertz CT molecular complexity index is 1680. The zero-order chi connectivity index (χ0) is 30.6. The van der Waals surface area contributed by atoms with Gasteiger partial charge in [0.25, 0.3) is 11.8 Å². The largest absolute Gasteiger partial charge is 0.478 e. The normalized spacial score (nSPS) is 16.1. The first kappa shape index (κ1) is 29.5. The smallest absolute Gasteiger partial charge is 0.336 e. The Morgan fingerprint density at radius 3 is 1.98 bits per heavy atom. The van der Waals surface area contributed by atoms with Crippen LogP contribution in [0.3, 0.4) is 0 Å². The molecule has 4 aromatic rings. The molecule has 10 heteroatoms. The molecule has 0 saturated heterocycles. The third-order valence-electron chi connectivity index (χ3n) is 8.83. The number of carboxylic acid groups (broad SMARTS) is 1. The first-order chi connectivity index (χ1) is 21.4. The molecule has 10 nitrogen and oxygen atoms in total. The molecule has 1 N–H and O–H groups in total. The molecule has 228 valence electrons.